The molecule has 0 unspecified atom stereocenters. The van der Waals surface area contributed by atoms with Crippen LogP contribution in [0, 0.1) is 11.8 Å². The van der Waals surface area contributed by atoms with Gasteiger partial charge in [-0.1, -0.05) is 26.0 Å². The number of nitrogens with one attached hydrogen (secondary N) is 1. The Hall–Kier alpha value is -0.570. The molecule has 2 nitrogen and oxygen atoms in total. The number of allylic oxidation sites excluding steroid dienone is 1. The van der Waals surface area contributed by atoms with Crippen LogP contribution in [-0.4, -0.2) is 29.1 Å². The molecule has 1 saturated carbocycles. The van der Waals surface area contributed by atoms with Crippen LogP contribution in [0.25, 0.3) is 0 Å². The van der Waals surface area contributed by atoms with Gasteiger partial charge in [0.05, 0.1) is 0 Å². The minimum absolute atomic E-state index is 0.591. The van der Waals surface area contributed by atoms with Crippen LogP contribution in [0.15, 0.2) is 12.2 Å². The fourth-order valence-corrected chi connectivity index (χ4v) is 3.39. The Kier molecular flexibility index (Phi) is 4.43. The molecule has 1 fully saturated rings. The molecular formula is C14H24N2S. The molecule has 0 aromatic heterocycles. The molecule has 2 aliphatic carbocycles. The van der Waals surface area contributed by atoms with Gasteiger partial charge in [-0.3, -0.25) is 0 Å². The molecule has 3 atom stereocenters. The monoisotopic (exact) mass is 252 g/mol. The lowest BCUT2D eigenvalue weighted by Gasteiger charge is -2.29. The number of rotatable bonds is 5. The van der Waals surface area contributed by atoms with Crippen LogP contribution < -0.4 is 5.32 Å². The summed E-state index contributed by atoms with van der Waals surface area (Å²) in [5.41, 5.74) is 0. The molecule has 0 aromatic rings. The summed E-state index contributed by atoms with van der Waals surface area (Å²) in [7, 11) is 0. The highest BCUT2D eigenvalue weighted by Crippen LogP contribution is 2.38. The van der Waals surface area contributed by atoms with Crippen molar-refractivity contribution in [3.8, 4) is 0 Å². The van der Waals surface area contributed by atoms with E-state index >= 15 is 0 Å². The van der Waals surface area contributed by atoms with E-state index < -0.39 is 0 Å². The van der Waals surface area contributed by atoms with E-state index in [-0.39, 0.29) is 0 Å². The van der Waals surface area contributed by atoms with Gasteiger partial charge < -0.3 is 10.2 Å². The van der Waals surface area contributed by atoms with Crippen LogP contribution in [0.1, 0.15) is 39.5 Å². The fourth-order valence-electron chi connectivity index (χ4n) is 3.05. The van der Waals surface area contributed by atoms with Gasteiger partial charge in [-0.05, 0) is 49.7 Å². The molecular weight excluding hydrogens is 228 g/mol. The van der Waals surface area contributed by atoms with Crippen molar-refractivity contribution in [1.29, 1.82) is 0 Å². The van der Waals surface area contributed by atoms with Gasteiger partial charge in [0.25, 0.3) is 0 Å². The van der Waals surface area contributed by atoms with Gasteiger partial charge in [0.15, 0.2) is 5.11 Å². The summed E-state index contributed by atoms with van der Waals surface area (Å²) < 4.78 is 0. The summed E-state index contributed by atoms with van der Waals surface area (Å²) in [6.07, 6.45) is 9.69. The zero-order valence-electron chi connectivity index (χ0n) is 11.0. The predicted octanol–water partition coefficient (Wildman–Crippen LogP) is 2.95. The molecule has 0 aromatic carbocycles. The maximum Gasteiger partial charge on any atom is 0.169 e. The van der Waals surface area contributed by atoms with E-state index in [1.165, 1.54) is 25.7 Å². The molecule has 2 rings (SSSR count). The van der Waals surface area contributed by atoms with E-state index in [1.807, 2.05) is 0 Å². The van der Waals surface area contributed by atoms with E-state index in [0.29, 0.717) is 6.04 Å². The minimum Gasteiger partial charge on any atom is -0.359 e. The van der Waals surface area contributed by atoms with E-state index in [9.17, 15) is 0 Å². The molecule has 2 aliphatic rings. The first kappa shape index (κ1) is 12.9. The number of hydrogen-bond donors (Lipinski definition) is 1. The maximum absolute atomic E-state index is 5.55. The normalized spacial score (nSPS) is 29.6. The first-order valence-electron chi connectivity index (χ1n) is 6.98. The lowest BCUT2D eigenvalue weighted by Crippen LogP contribution is -2.46. The highest BCUT2D eigenvalue weighted by Gasteiger charge is 2.36. The third-order valence-corrected chi connectivity index (χ3v) is 4.24. The summed E-state index contributed by atoms with van der Waals surface area (Å²) in [5.74, 6) is 1.54. The number of hydrogen-bond acceptors (Lipinski definition) is 1. The highest BCUT2D eigenvalue weighted by atomic mass is 32.1. The van der Waals surface area contributed by atoms with E-state index in [4.69, 9.17) is 12.2 Å². The van der Waals surface area contributed by atoms with E-state index in [0.717, 1.165) is 30.0 Å². The number of thiocarbonyl (C=S) groups is 1. The van der Waals surface area contributed by atoms with E-state index in [1.54, 1.807) is 0 Å². The van der Waals surface area contributed by atoms with Crippen molar-refractivity contribution >= 4 is 17.3 Å². The largest absolute Gasteiger partial charge is 0.359 e. The fraction of sp³-hybridized carbons (Fsp3) is 0.786. The third-order valence-electron chi connectivity index (χ3n) is 3.86. The molecule has 0 spiro atoms. The molecule has 3 heteroatoms. The average molecular weight is 252 g/mol. The highest BCUT2D eigenvalue weighted by molar-refractivity contribution is 7.80. The van der Waals surface area contributed by atoms with Gasteiger partial charge in [-0.15, -0.1) is 0 Å². The molecule has 0 radical (unpaired) electrons. The van der Waals surface area contributed by atoms with E-state index in [2.05, 4.69) is 36.2 Å². The van der Waals surface area contributed by atoms with Crippen LogP contribution in [-0.2, 0) is 0 Å². The lowest BCUT2D eigenvalue weighted by atomic mass is 10.0. The first-order chi connectivity index (χ1) is 8.24. The Bertz CT molecular complexity index is 295. The molecule has 1 N–H and O–H groups in total. The molecule has 0 heterocycles. The van der Waals surface area contributed by atoms with Crippen LogP contribution in [0.3, 0.4) is 0 Å². The first-order valence-corrected chi connectivity index (χ1v) is 7.39. The summed E-state index contributed by atoms with van der Waals surface area (Å²) in [6.45, 7) is 6.59. The molecule has 0 amide bonds. The zero-order chi connectivity index (χ0) is 12.3. The molecule has 17 heavy (non-hydrogen) atoms. The standard InChI is InChI=1S/C14H24N2S/c1-3-7-16(8-4-2)14(17)15-13-10-11-5-6-12(13)9-11/h5-6,11-13H,3-4,7-10H2,1-2H3,(H,15,17)/t11-,12+,13-/m1/s1. The van der Waals surface area contributed by atoms with Gasteiger partial charge in [0, 0.05) is 19.1 Å². The summed E-state index contributed by atoms with van der Waals surface area (Å²) in [6, 6.07) is 0.591. The zero-order valence-corrected chi connectivity index (χ0v) is 11.8. The van der Waals surface area contributed by atoms with Gasteiger partial charge in [-0.2, -0.15) is 0 Å². The maximum atomic E-state index is 5.55. The molecule has 0 aliphatic heterocycles. The van der Waals surface area contributed by atoms with Crippen molar-refractivity contribution < 1.29 is 0 Å². The smallest absolute Gasteiger partial charge is 0.169 e. The van der Waals surface area contributed by atoms with Crippen LogP contribution in [0.2, 0.25) is 0 Å². The molecule has 2 bridgehead atoms. The Morgan fingerprint density at radius 1 is 1.24 bits per heavy atom. The minimum atomic E-state index is 0.591. The van der Waals surface area contributed by atoms with Gasteiger partial charge in [-0.25, -0.2) is 0 Å². The Morgan fingerprint density at radius 3 is 2.41 bits per heavy atom. The predicted molar refractivity (Wildman–Crippen MR) is 77.0 cm³/mol. The van der Waals surface area contributed by atoms with Gasteiger partial charge in [0.1, 0.15) is 0 Å². The average Bonchev–Trinajstić information content (AvgIpc) is 2.90. The van der Waals surface area contributed by atoms with Gasteiger partial charge in [0.2, 0.25) is 0 Å². The van der Waals surface area contributed by atoms with Crippen molar-refractivity contribution in [2.45, 2.75) is 45.6 Å². The van der Waals surface area contributed by atoms with Crippen molar-refractivity contribution in [2.75, 3.05) is 13.1 Å². The quantitative estimate of drug-likeness (QED) is 0.598. The second kappa shape index (κ2) is 5.85. The van der Waals surface area contributed by atoms with Gasteiger partial charge >= 0.3 is 0 Å². The lowest BCUT2D eigenvalue weighted by molar-refractivity contribution is 0.393. The Balaban J connectivity index is 1.84. The van der Waals surface area contributed by atoms with Crippen molar-refractivity contribution in [3.05, 3.63) is 12.2 Å². The SMILES string of the molecule is CCCN(CCC)C(=S)N[C@@H]1C[C@@H]2C=C[C@H]1C2. The second-order valence-corrected chi connectivity index (χ2v) is 5.71. The summed E-state index contributed by atoms with van der Waals surface area (Å²) in [4.78, 5) is 2.32. The Labute approximate surface area is 110 Å². The Morgan fingerprint density at radius 2 is 1.94 bits per heavy atom. The summed E-state index contributed by atoms with van der Waals surface area (Å²) in [5, 5.41) is 4.56. The topological polar surface area (TPSA) is 15.3 Å². The third kappa shape index (κ3) is 3.01. The molecule has 0 saturated heterocycles. The van der Waals surface area contributed by atoms with Crippen LogP contribution in [0.5, 0.6) is 0 Å². The molecule has 96 valence electrons. The van der Waals surface area contributed by atoms with Crippen LogP contribution in [0.4, 0.5) is 0 Å². The number of nitrogens with zero attached hydrogens (tertiary/aromatic N) is 1. The van der Waals surface area contributed by atoms with Crippen molar-refractivity contribution in [3.63, 3.8) is 0 Å². The second-order valence-electron chi connectivity index (χ2n) is 5.32. The van der Waals surface area contributed by atoms with Crippen molar-refractivity contribution in [1.82, 2.24) is 10.2 Å². The summed E-state index contributed by atoms with van der Waals surface area (Å²) >= 11 is 5.55. The number of fused-ring (bicyclic) bond motifs is 2. The van der Waals surface area contributed by atoms with Crippen molar-refractivity contribution in [2.24, 2.45) is 11.8 Å². The van der Waals surface area contributed by atoms with Crippen LogP contribution >= 0.6 is 12.2 Å².